The number of hydrogen-bond donors (Lipinski definition) is 1. The predicted molar refractivity (Wildman–Crippen MR) is 165 cm³/mol. The van der Waals surface area contributed by atoms with Gasteiger partial charge in [0.15, 0.2) is 0 Å². The number of carboxylic acids is 1. The second kappa shape index (κ2) is 16.2. The number of nitrogens with zero attached hydrogens (tertiary/aromatic N) is 3. The van der Waals surface area contributed by atoms with Crippen molar-refractivity contribution in [3.05, 3.63) is 34.4 Å². The fraction of sp³-hybridized carbons (Fsp3) is 0.727. The summed E-state index contributed by atoms with van der Waals surface area (Å²) in [5, 5.41) is 6.67. The van der Waals surface area contributed by atoms with E-state index >= 15 is 0 Å². The summed E-state index contributed by atoms with van der Waals surface area (Å²) in [7, 11) is 0. The monoisotopic (exact) mass is 693 g/mol. The number of alkyl halides is 3. The van der Waals surface area contributed by atoms with Gasteiger partial charge in [0.25, 0.3) is 5.91 Å². The minimum atomic E-state index is -5.08. The van der Waals surface area contributed by atoms with Gasteiger partial charge in [0, 0.05) is 64.1 Å². The Labute approximate surface area is 277 Å². The number of ether oxygens (including phenoxy) is 1. The van der Waals surface area contributed by atoms with E-state index in [2.05, 4.69) is 11.8 Å². The van der Waals surface area contributed by atoms with Crippen LogP contribution in [0.1, 0.15) is 94.3 Å². The van der Waals surface area contributed by atoms with Crippen molar-refractivity contribution in [1.29, 1.82) is 0 Å². The van der Waals surface area contributed by atoms with Crippen LogP contribution in [-0.4, -0.2) is 94.9 Å². The number of amides is 2. The SMILES string of the molecule is CCCCC1CN(CC2CCCCC2)C(=O)OC12CCN(C1CCN(C(=O)c3c(F)ccc(F)c3Cl)CC1)CC2.O=C(O)C(F)(F)F. The number of likely N-dealkylation sites (tertiary alicyclic amines) is 2. The van der Waals surface area contributed by atoms with Gasteiger partial charge in [-0.2, -0.15) is 13.2 Å². The molecule has 0 radical (unpaired) electrons. The van der Waals surface area contributed by atoms with E-state index in [1.807, 2.05) is 4.90 Å². The zero-order valence-corrected chi connectivity index (χ0v) is 27.6. The van der Waals surface area contributed by atoms with E-state index in [0.717, 1.165) is 83.3 Å². The maximum absolute atomic E-state index is 14.3. The van der Waals surface area contributed by atoms with Crippen molar-refractivity contribution in [2.75, 3.05) is 39.3 Å². The van der Waals surface area contributed by atoms with Gasteiger partial charge in [-0.1, -0.05) is 50.6 Å². The van der Waals surface area contributed by atoms with E-state index in [0.29, 0.717) is 31.0 Å². The predicted octanol–water partition coefficient (Wildman–Crippen LogP) is 7.53. The molecule has 3 heterocycles. The number of carbonyl (C=O) groups is 3. The molecule has 0 aromatic heterocycles. The van der Waals surface area contributed by atoms with Gasteiger partial charge in [-0.05, 0) is 50.2 Å². The van der Waals surface area contributed by atoms with Gasteiger partial charge < -0.3 is 19.6 Å². The number of halogens is 6. The lowest BCUT2D eigenvalue weighted by atomic mass is 9.75. The van der Waals surface area contributed by atoms with Crippen molar-refractivity contribution in [1.82, 2.24) is 14.7 Å². The molecule has 1 saturated carbocycles. The average Bonchev–Trinajstić information content (AvgIpc) is 3.04. The number of carbonyl (C=O) groups excluding carboxylic acids is 2. The Morgan fingerprint density at radius 2 is 1.60 bits per heavy atom. The van der Waals surface area contributed by atoms with E-state index in [4.69, 9.17) is 26.2 Å². The molecule has 1 atom stereocenters. The van der Waals surface area contributed by atoms with Gasteiger partial charge in [0.2, 0.25) is 0 Å². The van der Waals surface area contributed by atoms with E-state index in [1.54, 1.807) is 4.90 Å². The zero-order valence-electron chi connectivity index (χ0n) is 26.8. The molecule has 5 rings (SSSR count). The van der Waals surface area contributed by atoms with Gasteiger partial charge in [-0.3, -0.25) is 9.69 Å². The van der Waals surface area contributed by atoms with Crippen molar-refractivity contribution in [2.45, 2.75) is 102 Å². The van der Waals surface area contributed by atoms with Gasteiger partial charge >= 0.3 is 18.2 Å². The summed E-state index contributed by atoms with van der Waals surface area (Å²) in [6.45, 7) is 6.55. The topological polar surface area (TPSA) is 90.4 Å². The summed E-state index contributed by atoms with van der Waals surface area (Å²) >= 11 is 5.94. The van der Waals surface area contributed by atoms with Crippen molar-refractivity contribution >= 4 is 29.6 Å². The molecule has 1 N–H and O–H groups in total. The van der Waals surface area contributed by atoms with Crippen molar-refractivity contribution in [2.24, 2.45) is 11.8 Å². The van der Waals surface area contributed by atoms with Crippen LogP contribution in [0.15, 0.2) is 12.1 Å². The van der Waals surface area contributed by atoms with E-state index in [-0.39, 0.29) is 17.3 Å². The Balaban J connectivity index is 0.000000644. The minimum Gasteiger partial charge on any atom is -0.475 e. The Kier molecular flexibility index (Phi) is 12.8. The molecule has 1 aliphatic carbocycles. The number of carboxylic acid groups (broad SMARTS) is 1. The molecule has 2 amide bonds. The summed E-state index contributed by atoms with van der Waals surface area (Å²) in [4.78, 5) is 41.1. The molecule has 47 heavy (non-hydrogen) atoms. The molecular weight excluding hydrogens is 649 g/mol. The van der Waals surface area contributed by atoms with E-state index in [1.165, 1.54) is 32.1 Å². The number of aliphatic carboxylic acids is 1. The maximum atomic E-state index is 14.3. The fourth-order valence-electron chi connectivity index (χ4n) is 7.56. The minimum absolute atomic E-state index is 0.123. The van der Waals surface area contributed by atoms with Crippen molar-refractivity contribution in [3.63, 3.8) is 0 Å². The third-order valence-corrected chi connectivity index (χ3v) is 10.6. The Morgan fingerprint density at radius 3 is 2.17 bits per heavy atom. The first kappa shape index (κ1) is 37.2. The fourth-order valence-corrected chi connectivity index (χ4v) is 7.79. The van der Waals surface area contributed by atoms with Gasteiger partial charge in [-0.15, -0.1) is 0 Å². The summed E-state index contributed by atoms with van der Waals surface area (Å²) in [5.74, 6) is -3.93. The van der Waals surface area contributed by atoms with Crippen LogP contribution in [0, 0.1) is 23.5 Å². The Morgan fingerprint density at radius 1 is 1.00 bits per heavy atom. The number of hydrogen-bond acceptors (Lipinski definition) is 5. The highest BCUT2D eigenvalue weighted by Crippen LogP contribution is 2.42. The average molecular weight is 694 g/mol. The molecule has 3 aliphatic heterocycles. The van der Waals surface area contributed by atoms with Gasteiger partial charge in [0.05, 0.1) is 10.6 Å². The van der Waals surface area contributed by atoms with Crippen LogP contribution < -0.4 is 0 Å². The lowest BCUT2D eigenvalue weighted by Gasteiger charge is -2.52. The molecular formula is C33H45ClF5N3O5. The van der Waals surface area contributed by atoms with E-state index in [9.17, 15) is 31.5 Å². The number of piperidine rings is 2. The van der Waals surface area contributed by atoms with Crippen LogP contribution in [0.3, 0.4) is 0 Å². The third kappa shape index (κ3) is 9.28. The molecule has 264 valence electrons. The van der Waals surface area contributed by atoms with E-state index < -0.39 is 34.7 Å². The lowest BCUT2D eigenvalue weighted by Crippen LogP contribution is -2.61. The molecule has 14 heteroatoms. The van der Waals surface area contributed by atoms with Crippen LogP contribution in [0.5, 0.6) is 0 Å². The van der Waals surface area contributed by atoms with Crippen molar-refractivity contribution < 1.29 is 46.2 Å². The summed E-state index contributed by atoms with van der Waals surface area (Å²) < 4.78 is 66.3. The van der Waals surface area contributed by atoms with Gasteiger partial charge in [-0.25, -0.2) is 18.4 Å². The molecule has 0 bridgehead atoms. The number of rotatable bonds is 7. The molecule has 3 saturated heterocycles. The first-order chi connectivity index (χ1) is 22.3. The highest BCUT2D eigenvalue weighted by Gasteiger charge is 2.50. The second-order valence-corrected chi connectivity index (χ2v) is 13.6. The zero-order chi connectivity index (χ0) is 34.4. The first-order valence-electron chi connectivity index (χ1n) is 16.7. The Bertz CT molecular complexity index is 1250. The number of unbranched alkanes of at least 4 members (excludes halogenated alkanes) is 1. The summed E-state index contributed by atoms with van der Waals surface area (Å²) in [5.41, 5.74) is -0.761. The van der Waals surface area contributed by atoms with Gasteiger partial charge in [0.1, 0.15) is 17.2 Å². The Hall–Kier alpha value is -2.67. The van der Waals surface area contributed by atoms with Crippen LogP contribution in [-0.2, 0) is 9.53 Å². The summed E-state index contributed by atoms with van der Waals surface area (Å²) in [6, 6.07) is 2.20. The van der Waals surface area contributed by atoms with Crippen LogP contribution in [0.25, 0.3) is 0 Å². The molecule has 1 spiro atoms. The normalized spacial score (nSPS) is 22.9. The molecule has 4 aliphatic rings. The number of benzene rings is 1. The molecule has 4 fully saturated rings. The standard InChI is InChI=1S/C31H44ClF2N3O3.C2HF3O2/c1-2-3-9-23-21-37(20-22-7-5-4-6-8-22)30(39)40-31(23)14-18-35(19-15-31)24-12-16-36(17-13-24)29(38)27-25(33)10-11-26(34)28(27)32;3-2(4,5)1(6)7/h10-11,22-24H,2-9,12-21H2,1H3;(H,6,7). The van der Waals surface area contributed by atoms with Crippen LogP contribution >= 0.6 is 11.6 Å². The van der Waals surface area contributed by atoms with Crippen molar-refractivity contribution in [3.8, 4) is 0 Å². The summed E-state index contributed by atoms with van der Waals surface area (Å²) in [6.07, 6.45) is 7.68. The quantitative estimate of drug-likeness (QED) is 0.235. The maximum Gasteiger partial charge on any atom is 0.490 e. The largest absolute Gasteiger partial charge is 0.490 e. The molecule has 1 aromatic carbocycles. The highest BCUT2D eigenvalue weighted by atomic mass is 35.5. The van der Waals surface area contributed by atoms with Crippen LogP contribution in [0.4, 0.5) is 26.7 Å². The lowest BCUT2D eigenvalue weighted by molar-refractivity contribution is -0.192. The second-order valence-electron chi connectivity index (χ2n) is 13.3. The first-order valence-corrected chi connectivity index (χ1v) is 17.1. The smallest absolute Gasteiger partial charge is 0.475 e. The van der Waals surface area contributed by atoms with Crippen LogP contribution in [0.2, 0.25) is 5.02 Å². The molecule has 1 unspecified atom stereocenters. The highest BCUT2D eigenvalue weighted by molar-refractivity contribution is 6.34. The molecule has 1 aromatic rings. The third-order valence-electron chi connectivity index (χ3n) is 10.3. The molecule has 8 nitrogen and oxygen atoms in total.